The summed E-state index contributed by atoms with van der Waals surface area (Å²) >= 11 is 0. The van der Waals surface area contributed by atoms with Crippen molar-refractivity contribution < 1.29 is 18.7 Å². The number of nitrogens with one attached hydrogen (secondary N) is 1. The van der Waals surface area contributed by atoms with Crippen molar-refractivity contribution in [3.8, 4) is 0 Å². The summed E-state index contributed by atoms with van der Waals surface area (Å²) in [7, 11) is 1.62. The SMILES string of the molecule is Cn1cc2c(c(C(=O)NCC3CCCO3)c1=O)CCN(C(=O)c1ccco1)C2. The highest BCUT2D eigenvalue weighted by molar-refractivity contribution is 5.96. The second-order valence-corrected chi connectivity index (χ2v) is 7.22. The van der Waals surface area contributed by atoms with Gasteiger partial charge in [-0.05, 0) is 42.5 Å². The lowest BCUT2D eigenvalue weighted by Crippen LogP contribution is -2.42. The van der Waals surface area contributed by atoms with E-state index in [2.05, 4.69) is 5.32 Å². The van der Waals surface area contributed by atoms with Crippen molar-refractivity contribution in [3.05, 3.63) is 57.4 Å². The molecule has 2 aromatic heterocycles. The number of pyridine rings is 1. The van der Waals surface area contributed by atoms with Gasteiger partial charge in [0.2, 0.25) is 0 Å². The number of furan rings is 1. The molecular weight excluding hydrogens is 362 g/mol. The van der Waals surface area contributed by atoms with Crippen LogP contribution in [0.3, 0.4) is 0 Å². The Balaban J connectivity index is 1.57. The molecule has 2 aromatic rings. The van der Waals surface area contributed by atoms with Crippen LogP contribution in [-0.4, -0.2) is 47.1 Å². The van der Waals surface area contributed by atoms with E-state index in [0.29, 0.717) is 32.7 Å². The molecule has 4 heterocycles. The van der Waals surface area contributed by atoms with Crippen LogP contribution in [0.25, 0.3) is 0 Å². The fraction of sp³-hybridized carbons (Fsp3) is 0.450. The molecule has 0 aliphatic carbocycles. The fourth-order valence-corrected chi connectivity index (χ4v) is 3.85. The summed E-state index contributed by atoms with van der Waals surface area (Å²) in [5.74, 6) is -0.296. The Morgan fingerprint density at radius 3 is 2.93 bits per heavy atom. The van der Waals surface area contributed by atoms with E-state index in [4.69, 9.17) is 9.15 Å². The zero-order valence-corrected chi connectivity index (χ0v) is 15.8. The number of aryl methyl sites for hydroxylation is 1. The van der Waals surface area contributed by atoms with Gasteiger partial charge in [0, 0.05) is 39.5 Å². The molecule has 1 saturated heterocycles. The molecular formula is C20H23N3O5. The van der Waals surface area contributed by atoms with Crippen molar-refractivity contribution in [3.63, 3.8) is 0 Å². The van der Waals surface area contributed by atoms with E-state index < -0.39 is 0 Å². The van der Waals surface area contributed by atoms with Crippen LogP contribution >= 0.6 is 0 Å². The van der Waals surface area contributed by atoms with Crippen LogP contribution in [0.4, 0.5) is 0 Å². The van der Waals surface area contributed by atoms with Gasteiger partial charge < -0.3 is 23.9 Å². The van der Waals surface area contributed by atoms with Gasteiger partial charge in [0.25, 0.3) is 17.4 Å². The number of carbonyl (C=O) groups is 2. The quantitative estimate of drug-likeness (QED) is 0.850. The van der Waals surface area contributed by atoms with E-state index in [1.54, 1.807) is 30.3 Å². The van der Waals surface area contributed by atoms with Gasteiger partial charge in [-0.2, -0.15) is 0 Å². The monoisotopic (exact) mass is 385 g/mol. The maximum absolute atomic E-state index is 12.8. The van der Waals surface area contributed by atoms with E-state index in [1.165, 1.54) is 10.8 Å². The summed E-state index contributed by atoms with van der Waals surface area (Å²) in [4.78, 5) is 39.7. The first kappa shape index (κ1) is 18.5. The zero-order chi connectivity index (χ0) is 19.7. The van der Waals surface area contributed by atoms with Crippen molar-refractivity contribution in [2.24, 2.45) is 7.05 Å². The molecule has 8 heteroatoms. The fourth-order valence-electron chi connectivity index (χ4n) is 3.85. The highest BCUT2D eigenvalue weighted by Crippen LogP contribution is 2.22. The van der Waals surface area contributed by atoms with Gasteiger partial charge in [-0.15, -0.1) is 0 Å². The number of carbonyl (C=O) groups excluding carboxylic acids is 2. The third kappa shape index (κ3) is 3.47. The molecule has 2 amide bonds. The molecule has 0 radical (unpaired) electrons. The molecule has 28 heavy (non-hydrogen) atoms. The molecule has 2 aliphatic heterocycles. The van der Waals surface area contributed by atoms with Crippen LogP contribution in [0.1, 0.15) is 44.9 Å². The number of rotatable bonds is 4. The largest absolute Gasteiger partial charge is 0.459 e. The van der Waals surface area contributed by atoms with Gasteiger partial charge in [0.15, 0.2) is 5.76 Å². The summed E-state index contributed by atoms with van der Waals surface area (Å²) in [6.45, 7) is 1.86. The summed E-state index contributed by atoms with van der Waals surface area (Å²) in [6.07, 6.45) is 5.52. The first-order valence-corrected chi connectivity index (χ1v) is 9.48. The van der Waals surface area contributed by atoms with Gasteiger partial charge in [-0.25, -0.2) is 0 Å². The Labute approximate surface area is 162 Å². The molecule has 148 valence electrons. The molecule has 1 fully saturated rings. The first-order chi connectivity index (χ1) is 13.5. The maximum Gasteiger partial charge on any atom is 0.289 e. The molecule has 0 aromatic carbocycles. The third-order valence-electron chi connectivity index (χ3n) is 5.33. The smallest absolute Gasteiger partial charge is 0.289 e. The topological polar surface area (TPSA) is 93.8 Å². The van der Waals surface area contributed by atoms with Gasteiger partial charge in [0.1, 0.15) is 5.56 Å². The summed E-state index contributed by atoms with van der Waals surface area (Å²) < 4.78 is 12.1. The minimum absolute atomic E-state index is 0.00810. The molecule has 0 saturated carbocycles. The predicted molar refractivity (Wildman–Crippen MR) is 100 cm³/mol. The average molecular weight is 385 g/mol. The van der Waals surface area contributed by atoms with Crippen molar-refractivity contribution in [1.29, 1.82) is 0 Å². The minimum Gasteiger partial charge on any atom is -0.459 e. The first-order valence-electron chi connectivity index (χ1n) is 9.48. The van der Waals surface area contributed by atoms with Crippen LogP contribution in [-0.2, 0) is 24.8 Å². The van der Waals surface area contributed by atoms with Crippen molar-refractivity contribution in [1.82, 2.24) is 14.8 Å². The predicted octanol–water partition coefficient (Wildman–Crippen LogP) is 1.09. The van der Waals surface area contributed by atoms with E-state index in [0.717, 1.165) is 24.0 Å². The van der Waals surface area contributed by atoms with Gasteiger partial charge in [0.05, 0.1) is 12.4 Å². The number of aromatic nitrogens is 1. The molecule has 4 rings (SSSR count). The third-order valence-corrected chi connectivity index (χ3v) is 5.33. The zero-order valence-electron chi connectivity index (χ0n) is 15.8. The normalized spacial score (nSPS) is 18.8. The summed E-state index contributed by atoms with van der Waals surface area (Å²) in [5, 5.41) is 2.84. The molecule has 1 atom stereocenters. The van der Waals surface area contributed by atoms with Crippen LogP contribution in [0, 0.1) is 0 Å². The highest BCUT2D eigenvalue weighted by Gasteiger charge is 2.29. The van der Waals surface area contributed by atoms with Crippen molar-refractivity contribution in [2.75, 3.05) is 19.7 Å². The number of amides is 2. The number of hydrogen-bond donors (Lipinski definition) is 1. The van der Waals surface area contributed by atoms with Gasteiger partial charge in [-0.1, -0.05) is 0 Å². The molecule has 0 bridgehead atoms. The standard InChI is InChI=1S/C20H23N3O5/c1-22-11-13-12-23(19(25)16-5-3-9-28-16)7-6-15(13)17(20(22)26)18(24)21-10-14-4-2-8-27-14/h3,5,9,11,14H,2,4,6-8,10,12H2,1H3,(H,21,24). The second kappa shape index (κ2) is 7.63. The van der Waals surface area contributed by atoms with Crippen molar-refractivity contribution in [2.45, 2.75) is 31.9 Å². The number of ether oxygens (including phenoxy) is 1. The highest BCUT2D eigenvalue weighted by atomic mass is 16.5. The summed E-state index contributed by atoms with van der Waals surface area (Å²) in [5.41, 5.74) is 1.37. The second-order valence-electron chi connectivity index (χ2n) is 7.22. The Hall–Kier alpha value is -2.87. The average Bonchev–Trinajstić information content (AvgIpc) is 3.40. The summed E-state index contributed by atoms with van der Waals surface area (Å²) in [6, 6.07) is 3.30. The Morgan fingerprint density at radius 2 is 2.21 bits per heavy atom. The lowest BCUT2D eigenvalue weighted by atomic mass is 9.96. The molecule has 1 N–H and O–H groups in total. The van der Waals surface area contributed by atoms with E-state index in [9.17, 15) is 14.4 Å². The van der Waals surface area contributed by atoms with Crippen LogP contribution in [0.15, 0.2) is 33.8 Å². The number of fused-ring (bicyclic) bond motifs is 1. The van der Waals surface area contributed by atoms with Crippen molar-refractivity contribution >= 4 is 11.8 Å². The Kier molecular flexibility index (Phi) is 5.04. The molecule has 1 unspecified atom stereocenters. The minimum atomic E-state index is -0.376. The Morgan fingerprint density at radius 1 is 1.36 bits per heavy atom. The maximum atomic E-state index is 12.8. The Bertz CT molecular complexity index is 941. The molecule has 0 spiro atoms. The van der Waals surface area contributed by atoms with E-state index in [1.807, 2.05) is 0 Å². The number of nitrogens with zero attached hydrogens (tertiary/aromatic N) is 2. The molecule has 2 aliphatic rings. The van der Waals surface area contributed by atoms with E-state index in [-0.39, 0.29) is 34.8 Å². The molecule has 8 nitrogen and oxygen atoms in total. The van der Waals surface area contributed by atoms with Crippen LogP contribution < -0.4 is 10.9 Å². The van der Waals surface area contributed by atoms with Crippen LogP contribution in [0.5, 0.6) is 0 Å². The lowest BCUT2D eigenvalue weighted by Gasteiger charge is -2.29. The van der Waals surface area contributed by atoms with E-state index >= 15 is 0 Å². The lowest BCUT2D eigenvalue weighted by molar-refractivity contribution is 0.0701. The van der Waals surface area contributed by atoms with Gasteiger partial charge >= 0.3 is 0 Å². The van der Waals surface area contributed by atoms with Gasteiger partial charge in [-0.3, -0.25) is 14.4 Å². The number of hydrogen-bond acceptors (Lipinski definition) is 5. The van der Waals surface area contributed by atoms with Crippen LogP contribution in [0.2, 0.25) is 0 Å².